The molecule has 66 valence electrons. The Bertz CT molecular complexity index is 146. The summed E-state index contributed by atoms with van der Waals surface area (Å²) in [7, 11) is 1.92. The zero-order chi connectivity index (χ0) is 9.02. The van der Waals surface area contributed by atoms with Crippen molar-refractivity contribution in [3.05, 3.63) is 11.4 Å². The van der Waals surface area contributed by atoms with Gasteiger partial charge in [0.05, 0.1) is 0 Å². The summed E-state index contributed by atoms with van der Waals surface area (Å²) in [5.74, 6) is 0.919. The van der Waals surface area contributed by atoms with Crippen LogP contribution in [-0.2, 0) is 0 Å². The van der Waals surface area contributed by atoms with Crippen molar-refractivity contribution < 1.29 is 0 Å². The molecule has 3 N–H and O–H groups in total. The lowest BCUT2D eigenvalue weighted by Gasteiger charge is -2.17. The van der Waals surface area contributed by atoms with Crippen LogP contribution in [0.15, 0.2) is 11.4 Å². The summed E-state index contributed by atoms with van der Waals surface area (Å²) < 4.78 is 0. The van der Waals surface area contributed by atoms with Crippen molar-refractivity contribution in [1.29, 1.82) is 0 Å². The molecule has 0 aromatic heterocycles. The number of nitrogens with one attached hydrogen (secondary N) is 1. The van der Waals surface area contributed by atoms with Crippen LogP contribution in [0, 0.1) is 11.8 Å². The molecule has 11 heavy (non-hydrogen) atoms. The zero-order valence-electron chi connectivity index (χ0n) is 8.23. The molecule has 0 saturated carbocycles. The minimum absolute atomic E-state index is 0.430. The second-order valence-corrected chi connectivity index (χ2v) is 3.43. The van der Waals surface area contributed by atoms with Gasteiger partial charge in [0.2, 0.25) is 0 Å². The molecule has 0 bridgehead atoms. The largest absolute Gasteiger partial charge is 0.400 e. The summed E-state index contributed by atoms with van der Waals surface area (Å²) in [6.45, 7) is 8.49. The van der Waals surface area contributed by atoms with E-state index < -0.39 is 0 Å². The molecule has 0 amide bonds. The van der Waals surface area contributed by atoms with Gasteiger partial charge in [-0.2, -0.15) is 0 Å². The lowest BCUT2D eigenvalue weighted by atomic mass is 10.0. The molecule has 0 aromatic carbocycles. The monoisotopic (exact) mass is 156 g/mol. The summed E-state index contributed by atoms with van der Waals surface area (Å²) in [5.41, 5.74) is 8.03. The lowest BCUT2D eigenvalue weighted by Crippen LogP contribution is -2.21. The van der Waals surface area contributed by atoms with E-state index >= 15 is 0 Å². The van der Waals surface area contributed by atoms with E-state index in [1.807, 2.05) is 7.05 Å². The Balaban J connectivity index is 4.54. The van der Waals surface area contributed by atoms with Gasteiger partial charge in [0.1, 0.15) is 0 Å². The van der Waals surface area contributed by atoms with E-state index in [1.54, 1.807) is 0 Å². The molecule has 2 nitrogen and oxygen atoms in total. The van der Waals surface area contributed by atoms with E-state index in [0.717, 1.165) is 5.70 Å². The van der Waals surface area contributed by atoms with Gasteiger partial charge in [-0.3, -0.25) is 0 Å². The number of rotatable bonds is 3. The fraction of sp³-hybridized carbons (Fsp3) is 0.778. The lowest BCUT2D eigenvalue weighted by molar-refractivity contribution is 0.636. The first-order valence-corrected chi connectivity index (χ1v) is 4.18. The van der Waals surface area contributed by atoms with Crippen molar-refractivity contribution in [3.8, 4) is 0 Å². The van der Waals surface area contributed by atoms with Gasteiger partial charge in [0.15, 0.2) is 0 Å². The van der Waals surface area contributed by atoms with Gasteiger partial charge in [-0.05, 0) is 11.8 Å². The van der Waals surface area contributed by atoms with Crippen LogP contribution in [-0.4, -0.2) is 7.05 Å². The average molecular weight is 156 g/mol. The van der Waals surface area contributed by atoms with Crippen LogP contribution in [0.1, 0.15) is 27.7 Å². The number of hydrogen-bond donors (Lipinski definition) is 2. The average Bonchev–Trinajstić information content (AvgIpc) is 1.88. The molecule has 2 heteroatoms. The summed E-state index contributed by atoms with van der Waals surface area (Å²) >= 11 is 0. The molecule has 0 aliphatic heterocycles. The Morgan fingerprint density at radius 1 is 1.09 bits per heavy atom. The van der Waals surface area contributed by atoms with Crippen molar-refractivity contribution in [1.82, 2.24) is 5.32 Å². The SMILES string of the molecule is CN/C(=C(\N)C(C)C)C(C)C. The van der Waals surface area contributed by atoms with E-state index in [4.69, 9.17) is 5.73 Å². The summed E-state index contributed by atoms with van der Waals surface area (Å²) in [6.07, 6.45) is 0. The molecule has 0 heterocycles. The molecule has 0 spiro atoms. The van der Waals surface area contributed by atoms with Crippen molar-refractivity contribution >= 4 is 0 Å². The van der Waals surface area contributed by atoms with Gasteiger partial charge in [0.25, 0.3) is 0 Å². The smallest absolute Gasteiger partial charge is 0.0323 e. The van der Waals surface area contributed by atoms with Crippen molar-refractivity contribution in [3.63, 3.8) is 0 Å². The third-order valence-electron chi connectivity index (χ3n) is 1.78. The van der Waals surface area contributed by atoms with E-state index in [0.29, 0.717) is 11.8 Å². The molecule has 0 radical (unpaired) electrons. The second kappa shape index (κ2) is 4.27. The van der Waals surface area contributed by atoms with Crippen LogP contribution in [0.4, 0.5) is 0 Å². The Kier molecular flexibility index (Phi) is 4.01. The van der Waals surface area contributed by atoms with Crippen molar-refractivity contribution in [2.45, 2.75) is 27.7 Å². The predicted molar refractivity (Wildman–Crippen MR) is 49.9 cm³/mol. The Morgan fingerprint density at radius 3 is 1.64 bits per heavy atom. The quantitative estimate of drug-likeness (QED) is 0.652. The van der Waals surface area contributed by atoms with Crippen LogP contribution < -0.4 is 11.1 Å². The second-order valence-electron chi connectivity index (χ2n) is 3.43. The highest BCUT2D eigenvalue weighted by molar-refractivity contribution is 5.12. The molecule has 0 rings (SSSR count). The van der Waals surface area contributed by atoms with Gasteiger partial charge in [-0.1, -0.05) is 27.7 Å². The third-order valence-corrected chi connectivity index (χ3v) is 1.78. The third kappa shape index (κ3) is 2.83. The van der Waals surface area contributed by atoms with Crippen molar-refractivity contribution in [2.75, 3.05) is 7.05 Å². The highest BCUT2D eigenvalue weighted by atomic mass is 14.9. The molecule has 0 aliphatic rings. The van der Waals surface area contributed by atoms with Crippen LogP contribution >= 0.6 is 0 Å². The van der Waals surface area contributed by atoms with E-state index in [1.165, 1.54) is 5.70 Å². The Labute approximate surface area is 69.9 Å². The summed E-state index contributed by atoms with van der Waals surface area (Å²) in [4.78, 5) is 0. The van der Waals surface area contributed by atoms with Gasteiger partial charge in [0, 0.05) is 18.4 Å². The first-order chi connectivity index (χ1) is 5.00. The van der Waals surface area contributed by atoms with E-state index in [9.17, 15) is 0 Å². The fourth-order valence-electron chi connectivity index (χ4n) is 1.08. The maximum atomic E-state index is 5.89. The predicted octanol–water partition coefficient (Wildman–Crippen LogP) is 1.69. The standard InChI is InChI=1S/C9H20N2/c1-6(2)8(10)9(11-5)7(3)4/h6-7,11H,10H2,1-5H3/b9-8-. The minimum Gasteiger partial charge on any atom is -0.400 e. The molecular formula is C9H20N2. The molecule has 0 aromatic rings. The maximum absolute atomic E-state index is 5.89. The molecule has 0 saturated heterocycles. The zero-order valence-corrected chi connectivity index (χ0v) is 8.23. The van der Waals surface area contributed by atoms with Crippen LogP contribution in [0.2, 0.25) is 0 Å². The summed E-state index contributed by atoms with van der Waals surface area (Å²) in [5, 5.41) is 3.14. The molecule has 0 fully saturated rings. The van der Waals surface area contributed by atoms with Gasteiger partial charge in [-0.15, -0.1) is 0 Å². The molecule has 0 unspecified atom stereocenters. The Morgan fingerprint density at radius 2 is 1.55 bits per heavy atom. The topological polar surface area (TPSA) is 38.0 Å². The van der Waals surface area contributed by atoms with Gasteiger partial charge in [-0.25, -0.2) is 0 Å². The fourth-order valence-corrected chi connectivity index (χ4v) is 1.08. The number of allylic oxidation sites excluding steroid dienone is 2. The number of nitrogens with two attached hydrogens (primary N) is 1. The summed E-state index contributed by atoms with van der Waals surface area (Å²) in [6, 6.07) is 0. The number of hydrogen-bond acceptors (Lipinski definition) is 2. The highest BCUT2D eigenvalue weighted by Gasteiger charge is 2.08. The van der Waals surface area contributed by atoms with Crippen LogP contribution in [0.5, 0.6) is 0 Å². The van der Waals surface area contributed by atoms with Crippen molar-refractivity contribution in [2.24, 2.45) is 17.6 Å². The molecule has 0 aliphatic carbocycles. The normalized spacial score (nSPS) is 13.7. The van der Waals surface area contributed by atoms with Crippen LogP contribution in [0.3, 0.4) is 0 Å². The first kappa shape index (κ1) is 10.3. The Hall–Kier alpha value is -0.660. The highest BCUT2D eigenvalue weighted by Crippen LogP contribution is 2.13. The van der Waals surface area contributed by atoms with E-state index in [-0.39, 0.29) is 0 Å². The first-order valence-electron chi connectivity index (χ1n) is 4.18. The molecular weight excluding hydrogens is 136 g/mol. The van der Waals surface area contributed by atoms with Gasteiger partial charge < -0.3 is 11.1 Å². The van der Waals surface area contributed by atoms with E-state index in [2.05, 4.69) is 33.0 Å². The van der Waals surface area contributed by atoms with Crippen LogP contribution in [0.25, 0.3) is 0 Å². The minimum atomic E-state index is 0.430. The molecule has 0 atom stereocenters. The van der Waals surface area contributed by atoms with Gasteiger partial charge >= 0.3 is 0 Å². The maximum Gasteiger partial charge on any atom is 0.0323 e.